The molecule has 2 aliphatic heterocycles. The standard InChI is InChI=1S/C20H36N4O4S/c1-20(2,3)10-13(11-25)22-17(27)8-9-21-16(26)7-5-4-6-15-18-14(12-29-15)23-19(28)24-18/h13-15,18,25H,4-12H2,1-3H3,(H,21,26)(H,22,27)(H2,23,24,28). The Labute approximate surface area is 177 Å². The zero-order valence-corrected chi connectivity index (χ0v) is 18.6. The number of thioether (sulfide) groups is 1. The Hall–Kier alpha value is -1.48. The van der Waals surface area contributed by atoms with Gasteiger partial charge in [-0.1, -0.05) is 27.2 Å². The van der Waals surface area contributed by atoms with Crippen LogP contribution in [0.4, 0.5) is 4.79 Å². The highest BCUT2D eigenvalue weighted by atomic mass is 32.2. The first-order chi connectivity index (χ1) is 13.7. The predicted octanol–water partition coefficient (Wildman–Crippen LogP) is 1.13. The van der Waals surface area contributed by atoms with Crippen LogP contribution in [0.15, 0.2) is 0 Å². The van der Waals surface area contributed by atoms with E-state index in [1.54, 1.807) is 0 Å². The van der Waals surface area contributed by atoms with Crippen molar-refractivity contribution in [2.24, 2.45) is 5.41 Å². The number of amides is 4. The molecule has 5 N–H and O–H groups in total. The fourth-order valence-electron chi connectivity index (χ4n) is 3.88. The molecular formula is C20H36N4O4S. The topological polar surface area (TPSA) is 120 Å². The Morgan fingerprint density at radius 2 is 1.97 bits per heavy atom. The third kappa shape index (κ3) is 8.42. The summed E-state index contributed by atoms with van der Waals surface area (Å²) in [4.78, 5) is 35.3. The van der Waals surface area contributed by atoms with Crippen LogP contribution in [0.25, 0.3) is 0 Å². The van der Waals surface area contributed by atoms with Gasteiger partial charge in [-0.25, -0.2) is 4.79 Å². The van der Waals surface area contributed by atoms with Gasteiger partial charge in [-0.05, 0) is 24.7 Å². The summed E-state index contributed by atoms with van der Waals surface area (Å²) < 4.78 is 0. The molecule has 2 aliphatic rings. The number of hydrogen-bond acceptors (Lipinski definition) is 5. The van der Waals surface area contributed by atoms with Gasteiger partial charge in [0.05, 0.1) is 24.7 Å². The van der Waals surface area contributed by atoms with Crippen LogP contribution in [0.3, 0.4) is 0 Å². The molecule has 0 aromatic rings. The van der Waals surface area contributed by atoms with Crippen LogP contribution in [0.1, 0.15) is 59.3 Å². The first-order valence-electron chi connectivity index (χ1n) is 10.5. The van der Waals surface area contributed by atoms with Crippen LogP contribution in [0.2, 0.25) is 0 Å². The van der Waals surface area contributed by atoms with E-state index in [9.17, 15) is 19.5 Å². The molecule has 0 bridgehead atoms. The molecule has 2 fully saturated rings. The van der Waals surface area contributed by atoms with Crippen molar-refractivity contribution in [3.05, 3.63) is 0 Å². The normalized spacial score (nSPS) is 24.4. The van der Waals surface area contributed by atoms with Gasteiger partial charge in [-0.3, -0.25) is 9.59 Å². The summed E-state index contributed by atoms with van der Waals surface area (Å²) in [7, 11) is 0. The van der Waals surface area contributed by atoms with Gasteiger partial charge in [0, 0.05) is 30.4 Å². The molecule has 0 spiro atoms. The molecule has 166 valence electrons. The summed E-state index contributed by atoms with van der Waals surface area (Å²) in [5.41, 5.74) is 0.0205. The summed E-state index contributed by atoms with van der Waals surface area (Å²) >= 11 is 1.88. The van der Waals surface area contributed by atoms with Crippen LogP contribution in [-0.2, 0) is 9.59 Å². The predicted molar refractivity (Wildman–Crippen MR) is 115 cm³/mol. The Bertz CT molecular complexity index is 581. The Balaban J connectivity index is 1.52. The quantitative estimate of drug-likeness (QED) is 0.250. The molecule has 29 heavy (non-hydrogen) atoms. The molecule has 4 unspecified atom stereocenters. The van der Waals surface area contributed by atoms with Crippen molar-refractivity contribution in [3.63, 3.8) is 0 Å². The molecule has 0 radical (unpaired) electrons. The number of hydrogen-bond donors (Lipinski definition) is 5. The van der Waals surface area contributed by atoms with Crippen molar-refractivity contribution in [1.29, 1.82) is 0 Å². The van der Waals surface area contributed by atoms with E-state index in [1.807, 2.05) is 11.8 Å². The van der Waals surface area contributed by atoms with E-state index in [-0.39, 0.29) is 54.4 Å². The second-order valence-electron chi connectivity index (χ2n) is 9.18. The maximum Gasteiger partial charge on any atom is 0.315 e. The average molecular weight is 429 g/mol. The number of rotatable bonds is 11. The van der Waals surface area contributed by atoms with E-state index in [4.69, 9.17) is 0 Å². The summed E-state index contributed by atoms with van der Waals surface area (Å²) in [5.74, 6) is 0.747. The number of carbonyl (C=O) groups excluding carboxylic acids is 3. The first-order valence-corrected chi connectivity index (χ1v) is 11.6. The van der Waals surface area contributed by atoms with Gasteiger partial charge < -0.3 is 26.4 Å². The number of fused-ring (bicyclic) bond motifs is 1. The summed E-state index contributed by atoms with van der Waals surface area (Å²) in [6.45, 7) is 6.40. The average Bonchev–Trinajstić information content (AvgIpc) is 3.16. The molecule has 2 heterocycles. The Morgan fingerprint density at radius 1 is 1.21 bits per heavy atom. The van der Waals surface area contributed by atoms with E-state index < -0.39 is 0 Å². The van der Waals surface area contributed by atoms with Gasteiger partial charge in [-0.2, -0.15) is 11.8 Å². The van der Waals surface area contributed by atoms with Gasteiger partial charge in [0.1, 0.15) is 0 Å². The molecule has 0 aromatic carbocycles. The molecule has 0 aliphatic carbocycles. The molecule has 2 rings (SSSR count). The van der Waals surface area contributed by atoms with Gasteiger partial charge in [-0.15, -0.1) is 0 Å². The van der Waals surface area contributed by atoms with Gasteiger partial charge in [0.2, 0.25) is 11.8 Å². The van der Waals surface area contributed by atoms with Crippen LogP contribution >= 0.6 is 11.8 Å². The summed E-state index contributed by atoms with van der Waals surface area (Å²) in [5, 5.41) is 21.3. The maximum atomic E-state index is 12.0. The summed E-state index contributed by atoms with van der Waals surface area (Å²) in [6, 6.07) is 0.116. The molecule has 4 atom stereocenters. The van der Waals surface area contributed by atoms with Crippen molar-refractivity contribution >= 4 is 29.6 Å². The van der Waals surface area contributed by atoms with E-state index in [2.05, 4.69) is 42.0 Å². The number of unbranched alkanes of at least 4 members (excludes halogenated alkanes) is 1. The van der Waals surface area contributed by atoms with Gasteiger partial charge >= 0.3 is 6.03 Å². The lowest BCUT2D eigenvalue weighted by Crippen LogP contribution is -2.41. The third-order valence-electron chi connectivity index (χ3n) is 5.20. The largest absolute Gasteiger partial charge is 0.394 e. The van der Waals surface area contributed by atoms with Crippen molar-refractivity contribution < 1.29 is 19.5 Å². The van der Waals surface area contributed by atoms with Crippen LogP contribution in [0.5, 0.6) is 0 Å². The number of aliphatic hydroxyl groups excluding tert-OH is 1. The number of carbonyl (C=O) groups is 3. The van der Waals surface area contributed by atoms with Crippen LogP contribution in [-0.4, -0.2) is 65.2 Å². The van der Waals surface area contributed by atoms with Crippen molar-refractivity contribution in [3.8, 4) is 0 Å². The fraction of sp³-hybridized carbons (Fsp3) is 0.850. The fourth-order valence-corrected chi connectivity index (χ4v) is 5.42. The highest BCUT2D eigenvalue weighted by Crippen LogP contribution is 2.33. The van der Waals surface area contributed by atoms with E-state index in [1.165, 1.54) is 0 Å². The Morgan fingerprint density at radius 3 is 2.66 bits per heavy atom. The second-order valence-corrected chi connectivity index (χ2v) is 10.5. The molecule has 0 aromatic heterocycles. The summed E-state index contributed by atoms with van der Waals surface area (Å²) in [6.07, 6.45) is 4.07. The molecule has 4 amide bonds. The minimum absolute atomic E-state index is 0.0205. The lowest BCUT2D eigenvalue weighted by atomic mass is 9.88. The lowest BCUT2D eigenvalue weighted by Gasteiger charge is -2.25. The highest BCUT2D eigenvalue weighted by molar-refractivity contribution is 8.00. The number of aliphatic hydroxyl groups is 1. The zero-order valence-electron chi connectivity index (χ0n) is 17.8. The van der Waals surface area contributed by atoms with Gasteiger partial charge in [0.25, 0.3) is 0 Å². The van der Waals surface area contributed by atoms with Gasteiger partial charge in [0.15, 0.2) is 0 Å². The monoisotopic (exact) mass is 428 g/mol. The third-order valence-corrected chi connectivity index (χ3v) is 6.71. The highest BCUT2D eigenvalue weighted by Gasteiger charge is 2.42. The minimum atomic E-state index is -0.258. The van der Waals surface area contributed by atoms with Crippen molar-refractivity contribution in [2.75, 3.05) is 18.9 Å². The molecule has 9 heteroatoms. The van der Waals surface area contributed by atoms with E-state index >= 15 is 0 Å². The molecular weight excluding hydrogens is 392 g/mol. The maximum absolute atomic E-state index is 12.0. The zero-order chi connectivity index (χ0) is 21.4. The molecule has 0 saturated carbocycles. The van der Waals surface area contributed by atoms with Crippen LogP contribution in [0, 0.1) is 5.41 Å². The lowest BCUT2D eigenvalue weighted by molar-refractivity contribution is -0.123. The second kappa shape index (κ2) is 11.1. The molecule has 2 saturated heterocycles. The van der Waals surface area contributed by atoms with Crippen molar-refractivity contribution in [2.45, 2.75) is 82.7 Å². The number of urea groups is 1. The van der Waals surface area contributed by atoms with Crippen LogP contribution < -0.4 is 21.3 Å². The van der Waals surface area contributed by atoms with Crippen molar-refractivity contribution in [1.82, 2.24) is 21.3 Å². The first kappa shape index (κ1) is 23.8. The number of nitrogens with one attached hydrogen (secondary N) is 4. The molecule has 8 nitrogen and oxygen atoms in total. The minimum Gasteiger partial charge on any atom is -0.394 e. The Kier molecular flexibility index (Phi) is 9.07. The smallest absolute Gasteiger partial charge is 0.315 e. The SMILES string of the molecule is CC(C)(C)CC(CO)NC(=O)CCNC(=O)CCCCC1SCC2NC(=O)NC21. The van der Waals surface area contributed by atoms with E-state index in [0.717, 1.165) is 25.0 Å². The van der Waals surface area contributed by atoms with E-state index in [0.29, 0.717) is 24.6 Å².